The number of carbonyl (C=O) groups is 1. The quantitative estimate of drug-likeness (QED) is 0.328. The fraction of sp³-hybridized carbons (Fsp3) is 0.267. The molecule has 40 heavy (non-hydrogen) atoms. The highest BCUT2D eigenvalue weighted by molar-refractivity contribution is 7.13. The van der Waals surface area contributed by atoms with E-state index in [0.717, 1.165) is 22.4 Å². The number of ether oxygens (including phenoxy) is 1. The van der Waals surface area contributed by atoms with Crippen LogP contribution in [-0.4, -0.2) is 58.6 Å². The lowest BCUT2D eigenvalue weighted by Crippen LogP contribution is -2.47. The smallest absolute Gasteiger partial charge is 0.266 e. The first kappa shape index (κ1) is 27.8. The highest BCUT2D eigenvalue weighted by Gasteiger charge is 2.27. The van der Waals surface area contributed by atoms with Gasteiger partial charge in [-0.2, -0.15) is 0 Å². The highest BCUT2D eigenvalue weighted by atomic mass is 35.5. The molecular weight excluding hydrogens is 546 g/mol. The molecule has 8 nitrogen and oxygen atoms in total. The van der Waals surface area contributed by atoms with Crippen molar-refractivity contribution in [2.24, 2.45) is 0 Å². The Hall–Kier alpha value is -3.79. The highest BCUT2D eigenvalue weighted by Crippen LogP contribution is 2.32. The molecule has 4 heterocycles. The van der Waals surface area contributed by atoms with Crippen LogP contribution in [0.3, 0.4) is 0 Å². The first-order chi connectivity index (χ1) is 19.3. The summed E-state index contributed by atoms with van der Waals surface area (Å²) in [5.41, 5.74) is 4.79. The molecule has 1 aliphatic rings. The van der Waals surface area contributed by atoms with Crippen molar-refractivity contribution in [2.45, 2.75) is 20.8 Å². The number of nitrogens with one attached hydrogen (secondary N) is 1. The molecule has 1 amide bonds. The lowest BCUT2D eigenvalue weighted by atomic mass is 10.0. The van der Waals surface area contributed by atoms with Gasteiger partial charge in [-0.1, -0.05) is 29.3 Å². The van der Waals surface area contributed by atoms with E-state index in [2.05, 4.69) is 10.3 Å². The number of hydrogen-bond acceptors (Lipinski definition) is 7. The van der Waals surface area contributed by atoms with Crippen LogP contribution in [0.5, 0.6) is 5.88 Å². The van der Waals surface area contributed by atoms with Crippen LogP contribution in [0.2, 0.25) is 5.02 Å². The molecule has 5 rings (SSSR count). The lowest BCUT2D eigenvalue weighted by Gasteiger charge is -2.29. The van der Waals surface area contributed by atoms with Crippen LogP contribution in [0.1, 0.15) is 35.5 Å². The Bertz CT molecular complexity index is 1650. The molecule has 1 aromatic carbocycles. The van der Waals surface area contributed by atoms with Crippen LogP contribution in [0, 0.1) is 6.92 Å². The Morgan fingerprint density at radius 3 is 2.55 bits per heavy atom. The van der Waals surface area contributed by atoms with E-state index in [1.165, 1.54) is 18.4 Å². The van der Waals surface area contributed by atoms with E-state index in [1.807, 2.05) is 55.3 Å². The third-order valence-corrected chi connectivity index (χ3v) is 7.70. The SMILES string of the molecule is COc1ncc(C)cc1-n1c(C=C(C)C)c(C(=O)N2CCNCC2)cc(-c2nc(-c3ccc(Cl)cc3)cs2)c1=O. The Balaban J connectivity index is 1.79. The zero-order chi connectivity index (χ0) is 28.4. The number of pyridine rings is 2. The maximum atomic E-state index is 14.4. The summed E-state index contributed by atoms with van der Waals surface area (Å²) in [5.74, 6) is 0.146. The average Bonchev–Trinajstić information content (AvgIpc) is 3.43. The second-order valence-corrected chi connectivity index (χ2v) is 11.1. The predicted molar refractivity (Wildman–Crippen MR) is 161 cm³/mol. The average molecular weight is 576 g/mol. The van der Waals surface area contributed by atoms with Gasteiger partial charge in [-0.05, 0) is 56.7 Å². The molecular formula is C30H30ClN5O3S. The Morgan fingerprint density at radius 2 is 1.88 bits per heavy atom. The molecule has 1 fully saturated rings. The summed E-state index contributed by atoms with van der Waals surface area (Å²) in [5, 5.41) is 6.34. The second kappa shape index (κ2) is 11.8. The molecule has 10 heteroatoms. The second-order valence-electron chi connectivity index (χ2n) is 9.85. The molecule has 0 bridgehead atoms. The van der Waals surface area contributed by atoms with E-state index in [9.17, 15) is 9.59 Å². The summed E-state index contributed by atoms with van der Waals surface area (Å²) in [7, 11) is 1.52. The molecule has 0 saturated carbocycles. The Labute approximate surface area is 241 Å². The molecule has 0 aliphatic carbocycles. The van der Waals surface area contributed by atoms with Crippen molar-refractivity contribution < 1.29 is 9.53 Å². The van der Waals surface area contributed by atoms with E-state index in [1.54, 1.807) is 29.0 Å². The molecule has 1 aliphatic heterocycles. The van der Waals surface area contributed by atoms with E-state index in [-0.39, 0.29) is 17.3 Å². The minimum absolute atomic E-state index is 0.141. The molecule has 0 atom stereocenters. The molecule has 0 radical (unpaired) electrons. The van der Waals surface area contributed by atoms with Crippen molar-refractivity contribution >= 4 is 34.9 Å². The van der Waals surface area contributed by atoms with Crippen LogP contribution in [-0.2, 0) is 0 Å². The standard InChI is InChI=1S/C30H30ClN5O3S/c1-18(2)13-25-22(29(37)35-11-9-32-10-12-35)15-23(28-34-24(17-40-28)20-5-7-21(31)8-6-20)30(38)36(25)26-14-19(3)16-33-27(26)39-4/h5-8,13-17,32H,9-12H2,1-4H3. The number of methoxy groups -OCH3 is 1. The number of hydrogen-bond donors (Lipinski definition) is 1. The Kier molecular flexibility index (Phi) is 8.16. The molecule has 0 unspecified atom stereocenters. The van der Waals surface area contributed by atoms with Crippen molar-refractivity contribution in [3.63, 3.8) is 0 Å². The maximum Gasteiger partial charge on any atom is 0.266 e. The molecule has 0 spiro atoms. The van der Waals surface area contributed by atoms with Crippen LogP contribution in [0.15, 0.2) is 58.3 Å². The number of piperazine rings is 1. The van der Waals surface area contributed by atoms with Crippen molar-refractivity contribution in [1.82, 2.24) is 24.8 Å². The number of allylic oxidation sites excluding steroid dienone is 1. The van der Waals surface area contributed by atoms with Gasteiger partial charge in [0.1, 0.15) is 10.7 Å². The van der Waals surface area contributed by atoms with Gasteiger partial charge in [0.25, 0.3) is 11.5 Å². The van der Waals surface area contributed by atoms with Crippen molar-refractivity contribution in [3.8, 4) is 33.4 Å². The summed E-state index contributed by atoms with van der Waals surface area (Å²) in [4.78, 5) is 39.4. The molecule has 3 aromatic heterocycles. The molecule has 206 valence electrons. The van der Waals surface area contributed by atoms with Crippen LogP contribution in [0.25, 0.3) is 33.6 Å². The Morgan fingerprint density at radius 1 is 1.15 bits per heavy atom. The third-order valence-electron chi connectivity index (χ3n) is 6.58. The first-order valence-electron chi connectivity index (χ1n) is 12.9. The normalized spacial score (nSPS) is 13.3. The first-order valence-corrected chi connectivity index (χ1v) is 14.2. The number of aromatic nitrogens is 3. The summed E-state index contributed by atoms with van der Waals surface area (Å²) >= 11 is 7.43. The van der Waals surface area contributed by atoms with Gasteiger partial charge in [0.15, 0.2) is 0 Å². The number of rotatable bonds is 6. The van der Waals surface area contributed by atoms with E-state index in [4.69, 9.17) is 21.3 Å². The number of nitrogens with zero attached hydrogens (tertiary/aromatic N) is 4. The van der Waals surface area contributed by atoms with Gasteiger partial charge in [0.05, 0.1) is 29.6 Å². The maximum absolute atomic E-state index is 14.4. The molecule has 4 aromatic rings. The van der Waals surface area contributed by atoms with Gasteiger partial charge in [0.2, 0.25) is 5.88 Å². The topological polar surface area (TPSA) is 89.3 Å². The summed E-state index contributed by atoms with van der Waals surface area (Å²) in [6.45, 7) is 8.35. The van der Waals surface area contributed by atoms with Crippen molar-refractivity contribution in [1.29, 1.82) is 0 Å². The number of halogens is 1. The summed E-state index contributed by atoms with van der Waals surface area (Å²) in [6.07, 6.45) is 3.55. The molecule has 1 N–H and O–H groups in total. The zero-order valence-electron chi connectivity index (χ0n) is 22.8. The van der Waals surface area contributed by atoms with Gasteiger partial charge >= 0.3 is 0 Å². The minimum atomic E-state index is -0.313. The fourth-order valence-electron chi connectivity index (χ4n) is 4.66. The predicted octanol–water partition coefficient (Wildman–Crippen LogP) is 5.46. The van der Waals surface area contributed by atoms with Crippen LogP contribution >= 0.6 is 22.9 Å². The summed E-state index contributed by atoms with van der Waals surface area (Å²) in [6, 6.07) is 10.9. The van der Waals surface area contributed by atoms with E-state index in [0.29, 0.717) is 58.7 Å². The van der Waals surface area contributed by atoms with Crippen molar-refractivity contribution in [2.75, 3.05) is 33.3 Å². The number of carbonyl (C=O) groups excluding carboxylic acids is 1. The largest absolute Gasteiger partial charge is 0.480 e. The van der Waals surface area contributed by atoms with Crippen molar-refractivity contribution in [3.05, 3.63) is 85.7 Å². The number of benzene rings is 1. The van der Waals surface area contributed by atoms with Gasteiger partial charge in [-0.25, -0.2) is 9.97 Å². The molecule has 1 saturated heterocycles. The van der Waals surface area contributed by atoms with Gasteiger partial charge in [-0.15, -0.1) is 11.3 Å². The van der Waals surface area contributed by atoms with Crippen LogP contribution < -0.4 is 15.6 Å². The number of aryl methyl sites for hydroxylation is 1. The van der Waals surface area contributed by atoms with Crippen LogP contribution in [0.4, 0.5) is 0 Å². The third kappa shape index (κ3) is 5.58. The van der Waals surface area contributed by atoms with E-state index < -0.39 is 0 Å². The fourth-order valence-corrected chi connectivity index (χ4v) is 5.62. The van der Waals surface area contributed by atoms with E-state index >= 15 is 0 Å². The minimum Gasteiger partial charge on any atom is -0.480 e. The number of amides is 1. The van der Waals surface area contributed by atoms with Gasteiger partial charge < -0.3 is 15.0 Å². The zero-order valence-corrected chi connectivity index (χ0v) is 24.4. The lowest BCUT2D eigenvalue weighted by molar-refractivity contribution is 0.0735. The summed E-state index contributed by atoms with van der Waals surface area (Å²) < 4.78 is 7.13. The number of thiazole rings is 1. The monoisotopic (exact) mass is 575 g/mol. The van der Waals surface area contributed by atoms with Gasteiger partial charge in [0, 0.05) is 48.3 Å². The van der Waals surface area contributed by atoms with Gasteiger partial charge in [-0.3, -0.25) is 14.2 Å².